The molecule has 5 heteroatoms. The normalized spacial score (nSPS) is 13.6. The minimum absolute atomic E-state index is 0.168. The summed E-state index contributed by atoms with van der Waals surface area (Å²) in [5, 5.41) is 7.49. The number of hydrogen-bond acceptors (Lipinski definition) is 4. The zero-order valence-corrected chi connectivity index (χ0v) is 13.7. The molecule has 0 aliphatic carbocycles. The third-order valence-corrected chi connectivity index (χ3v) is 3.18. The van der Waals surface area contributed by atoms with Crippen molar-refractivity contribution < 1.29 is 9.53 Å². The number of carbonyl (C=O) groups excluding carboxylic acids is 1. The van der Waals surface area contributed by atoms with Crippen LogP contribution in [-0.2, 0) is 23.1 Å². The molecule has 0 bridgehead atoms. The Morgan fingerprint density at radius 1 is 1.45 bits per heavy atom. The van der Waals surface area contributed by atoms with Crippen molar-refractivity contribution in [3.8, 4) is 0 Å². The van der Waals surface area contributed by atoms with E-state index in [-0.39, 0.29) is 17.9 Å². The third kappa shape index (κ3) is 4.63. The lowest BCUT2D eigenvalue weighted by atomic mass is 10.0. The molecule has 20 heavy (non-hydrogen) atoms. The lowest BCUT2D eigenvalue weighted by Crippen LogP contribution is -2.44. The van der Waals surface area contributed by atoms with Crippen molar-refractivity contribution in [3.63, 3.8) is 0 Å². The van der Waals surface area contributed by atoms with Gasteiger partial charge in [-0.2, -0.15) is 5.10 Å². The molecule has 114 valence electrons. The molecule has 1 rings (SSSR count). The van der Waals surface area contributed by atoms with Gasteiger partial charge < -0.3 is 4.74 Å². The fourth-order valence-electron chi connectivity index (χ4n) is 1.89. The minimum atomic E-state index is -0.462. The van der Waals surface area contributed by atoms with Gasteiger partial charge in [-0.15, -0.1) is 0 Å². The van der Waals surface area contributed by atoms with Crippen LogP contribution in [0.5, 0.6) is 0 Å². The second-order valence-corrected chi connectivity index (χ2v) is 6.51. The van der Waals surface area contributed by atoms with Crippen LogP contribution in [-0.4, -0.2) is 27.4 Å². The number of nitrogens with one attached hydrogen (secondary N) is 1. The lowest BCUT2D eigenvalue weighted by Gasteiger charge is -2.26. The Morgan fingerprint density at radius 3 is 2.45 bits per heavy atom. The second-order valence-electron chi connectivity index (χ2n) is 6.51. The van der Waals surface area contributed by atoms with Crippen molar-refractivity contribution in [3.05, 3.63) is 17.5 Å². The van der Waals surface area contributed by atoms with E-state index in [0.29, 0.717) is 6.54 Å². The molecule has 1 atom stereocenters. The van der Waals surface area contributed by atoms with Crippen LogP contribution >= 0.6 is 0 Å². The topological polar surface area (TPSA) is 56.1 Å². The molecule has 0 aliphatic rings. The van der Waals surface area contributed by atoms with Crippen molar-refractivity contribution >= 4 is 5.97 Å². The molecule has 0 saturated heterocycles. The summed E-state index contributed by atoms with van der Waals surface area (Å²) in [4.78, 5) is 12.2. The number of aromatic nitrogens is 2. The summed E-state index contributed by atoms with van der Waals surface area (Å²) in [6, 6.07) is -0.311. The van der Waals surface area contributed by atoms with Gasteiger partial charge in [0.05, 0.1) is 6.20 Å². The van der Waals surface area contributed by atoms with Crippen molar-refractivity contribution in [2.24, 2.45) is 13.0 Å². The molecule has 0 fully saturated rings. The van der Waals surface area contributed by atoms with Crippen LogP contribution in [0.2, 0.25) is 0 Å². The molecule has 1 aromatic rings. The highest BCUT2D eigenvalue weighted by Gasteiger charge is 2.27. The van der Waals surface area contributed by atoms with E-state index < -0.39 is 5.60 Å². The van der Waals surface area contributed by atoms with E-state index in [1.807, 2.05) is 59.5 Å². The highest BCUT2D eigenvalue weighted by molar-refractivity contribution is 5.76. The largest absolute Gasteiger partial charge is 0.459 e. The Labute approximate surface area is 121 Å². The number of nitrogens with zero attached hydrogens (tertiary/aromatic N) is 2. The minimum Gasteiger partial charge on any atom is -0.459 e. The Morgan fingerprint density at radius 2 is 2.05 bits per heavy atom. The summed E-state index contributed by atoms with van der Waals surface area (Å²) in [5.74, 6) is -0.0316. The van der Waals surface area contributed by atoms with Crippen LogP contribution in [0.1, 0.15) is 45.9 Å². The van der Waals surface area contributed by atoms with E-state index in [9.17, 15) is 4.79 Å². The maximum atomic E-state index is 12.2. The molecule has 5 nitrogen and oxygen atoms in total. The van der Waals surface area contributed by atoms with Gasteiger partial charge in [0.15, 0.2) is 0 Å². The first-order valence-electron chi connectivity index (χ1n) is 7.05. The third-order valence-electron chi connectivity index (χ3n) is 3.18. The van der Waals surface area contributed by atoms with Gasteiger partial charge in [0.1, 0.15) is 11.6 Å². The van der Waals surface area contributed by atoms with E-state index in [4.69, 9.17) is 4.74 Å². The van der Waals surface area contributed by atoms with Crippen LogP contribution in [0.4, 0.5) is 0 Å². The Hall–Kier alpha value is -1.36. The molecule has 1 heterocycles. The molecule has 0 aliphatic heterocycles. The van der Waals surface area contributed by atoms with Gasteiger partial charge in [-0.1, -0.05) is 13.8 Å². The first-order valence-corrected chi connectivity index (χ1v) is 7.05. The van der Waals surface area contributed by atoms with Crippen LogP contribution in [0.15, 0.2) is 6.20 Å². The van der Waals surface area contributed by atoms with Gasteiger partial charge in [0.25, 0.3) is 0 Å². The van der Waals surface area contributed by atoms with Crippen LogP contribution in [0, 0.1) is 12.8 Å². The fourth-order valence-corrected chi connectivity index (χ4v) is 1.89. The summed E-state index contributed by atoms with van der Waals surface area (Å²) in [7, 11) is 1.91. The van der Waals surface area contributed by atoms with Gasteiger partial charge in [-0.3, -0.25) is 14.8 Å². The van der Waals surface area contributed by atoms with Crippen molar-refractivity contribution in [2.75, 3.05) is 0 Å². The average Bonchev–Trinajstić information content (AvgIpc) is 2.58. The van der Waals surface area contributed by atoms with Crippen LogP contribution < -0.4 is 5.32 Å². The predicted molar refractivity (Wildman–Crippen MR) is 79.3 cm³/mol. The Kier molecular flexibility index (Phi) is 5.34. The summed E-state index contributed by atoms with van der Waals surface area (Å²) >= 11 is 0. The van der Waals surface area contributed by atoms with E-state index in [0.717, 1.165) is 11.3 Å². The Balaban J connectivity index is 2.69. The Bertz CT molecular complexity index is 458. The van der Waals surface area contributed by atoms with Crippen LogP contribution in [0.3, 0.4) is 0 Å². The molecule has 0 radical (unpaired) electrons. The molecule has 0 unspecified atom stereocenters. The summed E-state index contributed by atoms with van der Waals surface area (Å²) in [6.07, 6.45) is 1.83. The van der Waals surface area contributed by atoms with Gasteiger partial charge in [0, 0.05) is 24.8 Å². The van der Waals surface area contributed by atoms with Crippen molar-refractivity contribution in [1.82, 2.24) is 15.1 Å². The monoisotopic (exact) mass is 281 g/mol. The van der Waals surface area contributed by atoms with E-state index in [1.165, 1.54) is 0 Å². The molecule has 0 spiro atoms. The fraction of sp³-hybridized carbons (Fsp3) is 0.733. The number of aryl methyl sites for hydroxylation is 1. The number of carbonyl (C=O) groups is 1. The van der Waals surface area contributed by atoms with E-state index in [1.54, 1.807) is 0 Å². The molecular formula is C15H27N3O2. The number of ether oxygens (including phenoxy) is 1. The standard InChI is InChI=1S/C15H27N3O2/c1-10(2)13(14(19)20-15(4,5)6)16-8-12-9-17-18(7)11(12)3/h9-10,13,16H,8H2,1-7H3/t13-/m1/s1. The smallest absolute Gasteiger partial charge is 0.323 e. The van der Waals surface area contributed by atoms with Gasteiger partial charge >= 0.3 is 5.97 Å². The van der Waals surface area contributed by atoms with Gasteiger partial charge in [-0.05, 0) is 33.6 Å². The molecule has 0 amide bonds. The molecular weight excluding hydrogens is 254 g/mol. The number of hydrogen-bond donors (Lipinski definition) is 1. The SMILES string of the molecule is Cc1c(CN[C@@H](C(=O)OC(C)(C)C)C(C)C)cnn1C. The maximum absolute atomic E-state index is 12.2. The molecule has 1 aromatic heterocycles. The molecule has 1 N–H and O–H groups in total. The van der Waals surface area contributed by atoms with Crippen LogP contribution in [0.25, 0.3) is 0 Å². The lowest BCUT2D eigenvalue weighted by molar-refractivity contribution is -0.158. The maximum Gasteiger partial charge on any atom is 0.323 e. The number of esters is 1. The molecule has 0 saturated carbocycles. The first kappa shape index (κ1) is 16.7. The highest BCUT2D eigenvalue weighted by atomic mass is 16.6. The zero-order chi connectivity index (χ0) is 15.5. The van der Waals surface area contributed by atoms with Crippen molar-refractivity contribution in [1.29, 1.82) is 0 Å². The highest BCUT2D eigenvalue weighted by Crippen LogP contribution is 2.13. The zero-order valence-electron chi connectivity index (χ0n) is 13.7. The van der Waals surface area contributed by atoms with E-state index >= 15 is 0 Å². The van der Waals surface area contributed by atoms with E-state index in [2.05, 4.69) is 10.4 Å². The number of rotatable bonds is 5. The van der Waals surface area contributed by atoms with Gasteiger partial charge in [0.2, 0.25) is 0 Å². The summed E-state index contributed by atoms with van der Waals surface area (Å²) < 4.78 is 7.29. The summed E-state index contributed by atoms with van der Waals surface area (Å²) in [5.41, 5.74) is 1.74. The quantitative estimate of drug-likeness (QED) is 0.841. The van der Waals surface area contributed by atoms with Crippen molar-refractivity contribution in [2.45, 2.75) is 59.7 Å². The average molecular weight is 281 g/mol. The summed E-state index contributed by atoms with van der Waals surface area (Å²) in [6.45, 7) is 12.3. The second kappa shape index (κ2) is 6.39. The first-order chi connectivity index (χ1) is 9.11. The van der Waals surface area contributed by atoms with Gasteiger partial charge in [-0.25, -0.2) is 0 Å². The predicted octanol–water partition coefficient (Wildman–Crippen LogP) is 2.18. The molecule has 0 aromatic carbocycles.